The molecule has 0 amide bonds. The Labute approximate surface area is 37.4 Å². The van der Waals surface area contributed by atoms with Crippen LogP contribution in [0.1, 0.15) is 0 Å². The molecule has 0 spiro atoms. The first kappa shape index (κ1) is 3.50. The van der Waals surface area contributed by atoms with Crippen LogP contribution in [0.3, 0.4) is 0 Å². The largest absolute Gasteiger partial charge is 0.291 e. The zero-order chi connectivity index (χ0) is 3.86. The summed E-state index contributed by atoms with van der Waals surface area (Å²) >= 11 is 4.10. The molecule has 1 heterocycles. The van der Waals surface area contributed by atoms with Gasteiger partial charge in [-0.05, 0) is 7.05 Å². The van der Waals surface area contributed by atoms with Crippen molar-refractivity contribution in [3.8, 4) is 0 Å². The van der Waals surface area contributed by atoms with Gasteiger partial charge in [0.2, 0.25) is 0 Å². The summed E-state index contributed by atoms with van der Waals surface area (Å²) in [5.41, 5.74) is 0. The topological polar surface area (TPSA) is 3.01 Å². The van der Waals surface area contributed by atoms with E-state index >= 15 is 0 Å². The van der Waals surface area contributed by atoms with E-state index in [1.54, 1.807) is 0 Å². The summed E-state index contributed by atoms with van der Waals surface area (Å²) in [6, 6.07) is 0. The van der Waals surface area contributed by atoms with Crippen LogP contribution in [0.15, 0.2) is 0 Å². The molecule has 0 N–H and O–H groups in total. The lowest BCUT2D eigenvalue weighted by atomic mass is 11.0. The van der Waals surface area contributed by atoms with Crippen LogP contribution < -0.4 is 0 Å². The Morgan fingerprint density at radius 2 is 2.20 bits per heavy atom. The molecule has 1 aliphatic heterocycles. The Hall–Kier alpha value is 0.310. The maximum absolute atomic E-state index is 4.10. The van der Waals surface area contributed by atoms with Crippen LogP contribution >= 0.6 is 12.6 Å². The zero-order valence-corrected chi connectivity index (χ0v) is 4.07. The molecule has 0 aromatic heterocycles. The predicted molar refractivity (Wildman–Crippen MR) is 25.4 cm³/mol. The van der Waals surface area contributed by atoms with Crippen LogP contribution in [0.4, 0.5) is 0 Å². The monoisotopic (exact) mass is 89.0 g/mol. The third-order valence-electron chi connectivity index (χ3n) is 0.826. The normalized spacial score (nSPS) is 49.2. The fourth-order valence-corrected chi connectivity index (χ4v) is 0.468. The molecule has 1 nitrogen and oxygen atoms in total. The molecule has 0 aliphatic carbocycles. The molecule has 0 aromatic rings. The van der Waals surface area contributed by atoms with E-state index in [0.717, 1.165) is 0 Å². The summed E-state index contributed by atoms with van der Waals surface area (Å²) in [5, 5.41) is 0.579. The molecule has 1 rings (SSSR count). The van der Waals surface area contributed by atoms with Gasteiger partial charge in [-0.3, -0.25) is 4.90 Å². The van der Waals surface area contributed by atoms with E-state index in [-0.39, 0.29) is 0 Å². The molecule has 0 radical (unpaired) electrons. The Kier molecular flexibility index (Phi) is 0.618. The van der Waals surface area contributed by atoms with Crippen LogP contribution in [0.25, 0.3) is 0 Å². The molecule has 1 aliphatic rings. The van der Waals surface area contributed by atoms with E-state index in [0.29, 0.717) is 5.37 Å². The molecular weight excluding hydrogens is 82.1 g/mol. The second kappa shape index (κ2) is 0.884. The van der Waals surface area contributed by atoms with E-state index in [2.05, 4.69) is 24.6 Å². The maximum atomic E-state index is 4.10. The first-order valence-electron chi connectivity index (χ1n) is 1.69. The van der Waals surface area contributed by atoms with Crippen molar-refractivity contribution in [2.75, 3.05) is 13.6 Å². The summed E-state index contributed by atoms with van der Waals surface area (Å²) in [6.45, 7) is 1.17. The molecule has 2 heteroatoms. The minimum Gasteiger partial charge on any atom is -0.291 e. The highest BCUT2D eigenvalue weighted by Gasteiger charge is 2.23. The van der Waals surface area contributed by atoms with Crippen molar-refractivity contribution in [2.45, 2.75) is 5.37 Å². The minimum atomic E-state index is 0.579. The lowest BCUT2D eigenvalue weighted by molar-refractivity contribution is 0.685. The highest BCUT2D eigenvalue weighted by atomic mass is 32.1. The molecule has 2 unspecified atom stereocenters. The molecule has 1 fully saturated rings. The fraction of sp³-hybridized carbons (Fsp3) is 1.00. The molecule has 30 valence electrons. The van der Waals surface area contributed by atoms with Gasteiger partial charge >= 0.3 is 0 Å². The number of rotatable bonds is 0. The van der Waals surface area contributed by atoms with Crippen LogP contribution in [0.5, 0.6) is 0 Å². The van der Waals surface area contributed by atoms with Gasteiger partial charge in [0.1, 0.15) is 0 Å². The molecule has 5 heavy (non-hydrogen) atoms. The summed E-state index contributed by atoms with van der Waals surface area (Å²) in [4.78, 5) is 2.16. The van der Waals surface area contributed by atoms with Crippen molar-refractivity contribution >= 4 is 12.6 Å². The van der Waals surface area contributed by atoms with Crippen LogP contribution in [0.2, 0.25) is 0 Å². The average molecular weight is 89.2 g/mol. The standard InChI is InChI=1S/C3H7NS/c1-4-2-3(4)5/h3,5H,2H2,1H3. The minimum absolute atomic E-state index is 0.579. The van der Waals surface area contributed by atoms with E-state index in [1.807, 2.05) is 0 Å². The fourth-order valence-electron chi connectivity index (χ4n) is 0.210. The summed E-state index contributed by atoms with van der Waals surface area (Å²) < 4.78 is 0. The Bertz CT molecular complexity index is 40.2. The van der Waals surface area contributed by atoms with Gasteiger partial charge in [0, 0.05) is 6.54 Å². The molecule has 0 bridgehead atoms. The SMILES string of the molecule is CN1CC1S. The quantitative estimate of drug-likeness (QED) is 0.327. The van der Waals surface area contributed by atoms with Gasteiger partial charge in [-0.1, -0.05) is 0 Å². The highest BCUT2D eigenvalue weighted by Crippen LogP contribution is 2.15. The van der Waals surface area contributed by atoms with Gasteiger partial charge in [-0.15, -0.1) is 0 Å². The first-order valence-corrected chi connectivity index (χ1v) is 2.20. The van der Waals surface area contributed by atoms with Crippen molar-refractivity contribution in [3.05, 3.63) is 0 Å². The van der Waals surface area contributed by atoms with Crippen molar-refractivity contribution in [2.24, 2.45) is 0 Å². The first-order chi connectivity index (χ1) is 2.30. The smallest absolute Gasteiger partial charge is 0.0655 e. The van der Waals surface area contributed by atoms with Crippen LogP contribution in [-0.2, 0) is 0 Å². The lowest BCUT2D eigenvalue weighted by Crippen LogP contribution is -1.81. The highest BCUT2D eigenvalue weighted by molar-refractivity contribution is 7.81. The zero-order valence-electron chi connectivity index (χ0n) is 3.18. The number of nitrogens with zero attached hydrogens (tertiary/aromatic N) is 1. The second-order valence-corrected chi connectivity index (χ2v) is 2.02. The predicted octanol–water partition coefficient (Wildman–Crippen LogP) is 0.188. The van der Waals surface area contributed by atoms with Crippen molar-refractivity contribution in [3.63, 3.8) is 0 Å². The Morgan fingerprint density at radius 1 is 2.00 bits per heavy atom. The maximum Gasteiger partial charge on any atom is 0.0655 e. The second-order valence-electron chi connectivity index (χ2n) is 1.42. The molecular formula is C3H7NS. The van der Waals surface area contributed by atoms with Gasteiger partial charge in [0.25, 0.3) is 0 Å². The third kappa shape index (κ3) is 0.578. The molecule has 1 saturated heterocycles. The van der Waals surface area contributed by atoms with Crippen LogP contribution in [-0.4, -0.2) is 23.9 Å². The number of likely N-dealkylation sites (N-methyl/N-ethyl adjacent to an activating group) is 1. The number of thiol groups is 1. The van der Waals surface area contributed by atoms with Gasteiger partial charge in [0.05, 0.1) is 5.37 Å². The van der Waals surface area contributed by atoms with Crippen LogP contribution in [0, 0.1) is 0 Å². The van der Waals surface area contributed by atoms with Crippen molar-refractivity contribution < 1.29 is 0 Å². The summed E-state index contributed by atoms with van der Waals surface area (Å²) in [6.07, 6.45) is 0. The summed E-state index contributed by atoms with van der Waals surface area (Å²) in [5.74, 6) is 0. The van der Waals surface area contributed by atoms with E-state index in [9.17, 15) is 0 Å². The van der Waals surface area contributed by atoms with Gasteiger partial charge in [-0.25, -0.2) is 0 Å². The Balaban J connectivity index is 2.20. The third-order valence-corrected chi connectivity index (χ3v) is 1.38. The molecule has 0 saturated carbocycles. The summed E-state index contributed by atoms with van der Waals surface area (Å²) in [7, 11) is 2.05. The van der Waals surface area contributed by atoms with Gasteiger partial charge < -0.3 is 0 Å². The van der Waals surface area contributed by atoms with E-state index < -0.39 is 0 Å². The number of hydrogen-bond donors (Lipinski definition) is 1. The van der Waals surface area contributed by atoms with E-state index in [4.69, 9.17) is 0 Å². The Morgan fingerprint density at radius 3 is 2.20 bits per heavy atom. The van der Waals surface area contributed by atoms with Gasteiger partial charge in [0.15, 0.2) is 0 Å². The average Bonchev–Trinajstić information content (AvgIpc) is 1.79. The van der Waals surface area contributed by atoms with Crippen molar-refractivity contribution in [1.82, 2.24) is 4.90 Å². The molecule has 2 atom stereocenters. The van der Waals surface area contributed by atoms with Crippen molar-refractivity contribution in [1.29, 1.82) is 0 Å². The van der Waals surface area contributed by atoms with E-state index in [1.165, 1.54) is 6.54 Å². The lowest BCUT2D eigenvalue weighted by Gasteiger charge is -1.74. The van der Waals surface area contributed by atoms with Gasteiger partial charge in [-0.2, -0.15) is 12.6 Å². The number of hydrogen-bond acceptors (Lipinski definition) is 2. The molecule has 0 aromatic carbocycles.